The smallest absolute Gasteiger partial charge is 0.123 e. The molecule has 0 amide bonds. The molecule has 142 valence electrons. The van der Waals surface area contributed by atoms with Gasteiger partial charge in [0, 0.05) is 40.5 Å². The molecule has 5 rings (SSSR count). The third kappa shape index (κ3) is 3.50. The molecule has 0 spiro atoms. The molecule has 0 bridgehead atoms. The van der Waals surface area contributed by atoms with Crippen molar-refractivity contribution in [2.75, 3.05) is 13.6 Å². The van der Waals surface area contributed by atoms with E-state index in [0.717, 1.165) is 23.5 Å². The van der Waals surface area contributed by atoms with Crippen molar-refractivity contribution in [3.63, 3.8) is 0 Å². The molecule has 0 aliphatic carbocycles. The van der Waals surface area contributed by atoms with Crippen LogP contribution in [0.4, 0.5) is 0 Å². The topological polar surface area (TPSA) is 31.9 Å². The fraction of sp³-hybridized carbons (Fsp3) is 0.292. The zero-order valence-electron chi connectivity index (χ0n) is 16.2. The van der Waals surface area contributed by atoms with Gasteiger partial charge in [-0.15, -0.1) is 11.3 Å². The molecular weight excluding hydrogens is 362 g/mol. The monoisotopic (exact) mass is 387 g/mol. The number of hydrogen-bond acceptors (Lipinski definition) is 3. The number of nitrogens with zero attached hydrogens (tertiary/aromatic N) is 2. The Hall–Kier alpha value is -2.43. The lowest BCUT2D eigenvalue weighted by molar-refractivity contribution is 0.310. The minimum atomic E-state index is 0.667. The van der Waals surface area contributed by atoms with Crippen LogP contribution in [0.5, 0.6) is 0 Å². The van der Waals surface area contributed by atoms with E-state index in [1.807, 2.05) is 0 Å². The number of rotatable bonds is 5. The molecule has 0 saturated carbocycles. The Labute approximate surface area is 170 Å². The second-order valence-corrected chi connectivity index (χ2v) is 8.72. The average molecular weight is 388 g/mol. The van der Waals surface area contributed by atoms with Crippen molar-refractivity contribution in [1.29, 1.82) is 0 Å². The van der Waals surface area contributed by atoms with Crippen LogP contribution in [-0.4, -0.2) is 34.5 Å². The number of thiazole rings is 1. The number of benzene rings is 2. The summed E-state index contributed by atoms with van der Waals surface area (Å²) in [4.78, 5) is 10.9. The number of likely N-dealkylation sites (tertiary alicyclic amines) is 1. The molecule has 4 heteroatoms. The summed E-state index contributed by atoms with van der Waals surface area (Å²) < 4.78 is 0. The van der Waals surface area contributed by atoms with Gasteiger partial charge in [-0.25, -0.2) is 4.98 Å². The van der Waals surface area contributed by atoms with Gasteiger partial charge in [-0.05, 0) is 62.2 Å². The summed E-state index contributed by atoms with van der Waals surface area (Å²) in [5.41, 5.74) is 6.33. The van der Waals surface area contributed by atoms with Gasteiger partial charge in [0.25, 0.3) is 0 Å². The summed E-state index contributed by atoms with van der Waals surface area (Å²) >= 11 is 1.74. The van der Waals surface area contributed by atoms with Gasteiger partial charge in [-0.2, -0.15) is 0 Å². The predicted octanol–water partition coefficient (Wildman–Crippen LogP) is 5.52. The third-order valence-corrected chi connectivity index (χ3v) is 6.86. The van der Waals surface area contributed by atoms with Crippen LogP contribution >= 0.6 is 11.3 Å². The number of fused-ring (bicyclic) bond motifs is 1. The van der Waals surface area contributed by atoms with E-state index in [1.165, 1.54) is 47.0 Å². The molecule has 0 radical (unpaired) electrons. The molecule has 1 fully saturated rings. The van der Waals surface area contributed by atoms with E-state index in [2.05, 4.69) is 77.0 Å². The van der Waals surface area contributed by atoms with Crippen LogP contribution in [-0.2, 0) is 12.8 Å². The predicted molar refractivity (Wildman–Crippen MR) is 118 cm³/mol. The number of aromatic amines is 1. The molecule has 1 atom stereocenters. The summed E-state index contributed by atoms with van der Waals surface area (Å²) in [6, 6.07) is 17.9. The molecule has 28 heavy (non-hydrogen) atoms. The van der Waals surface area contributed by atoms with Crippen LogP contribution in [0.25, 0.3) is 21.5 Å². The Morgan fingerprint density at radius 2 is 2.07 bits per heavy atom. The van der Waals surface area contributed by atoms with Gasteiger partial charge in [0.2, 0.25) is 0 Å². The van der Waals surface area contributed by atoms with Crippen LogP contribution in [0.15, 0.2) is 60.1 Å². The van der Waals surface area contributed by atoms with Crippen molar-refractivity contribution < 1.29 is 0 Å². The quantitative estimate of drug-likeness (QED) is 0.489. The summed E-state index contributed by atoms with van der Waals surface area (Å²) in [6.45, 7) is 1.22. The Morgan fingerprint density at radius 3 is 2.89 bits per heavy atom. The maximum absolute atomic E-state index is 4.91. The molecular formula is C24H25N3S. The first-order valence-corrected chi connectivity index (χ1v) is 10.9. The second-order valence-electron chi connectivity index (χ2n) is 7.86. The fourth-order valence-electron chi connectivity index (χ4n) is 4.30. The number of nitrogens with one attached hydrogen (secondary N) is 1. The van der Waals surface area contributed by atoms with Crippen molar-refractivity contribution >= 4 is 22.2 Å². The molecule has 1 aliphatic heterocycles. The minimum Gasteiger partial charge on any atom is -0.361 e. The molecule has 3 heterocycles. The summed E-state index contributed by atoms with van der Waals surface area (Å²) in [7, 11) is 2.25. The van der Waals surface area contributed by atoms with E-state index >= 15 is 0 Å². The highest BCUT2D eigenvalue weighted by atomic mass is 32.1. The van der Waals surface area contributed by atoms with E-state index in [0.29, 0.717) is 6.04 Å². The lowest BCUT2D eigenvalue weighted by atomic mass is 10.0. The molecule has 0 unspecified atom stereocenters. The molecule has 3 nitrogen and oxygen atoms in total. The Morgan fingerprint density at radius 1 is 1.18 bits per heavy atom. The van der Waals surface area contributed by atoms with Crippen molar-refractivity contribution in [2.45, 2.75) is 31.7 Å². The molecule has 2 aromatic carbocycles. The Kier molecular flexibility index (Phi) is 4.75. The Balaban J connectivity index is 1.41. The molecule has 1 N–H and O–H groups in total. The van der Waals surface area contributed by atoms with Crippen molar-refractivity contribution in [1.82, 2.24) is 14.9 Å². The fourth-order valence-corrected chi connectivity index (χ4v) is 5.11. The number of likely N-dealkylation sites (N-methyl/N-ethyl adjacent to an activating group) is 1. The van der Waals surface area contributed by atoms with Gasteiger partial charge in [0.1, 0.15) is 5.01 Å². The van der Waals surface area contributed by atoms with Crippen LogP contribution in [0.3, 0.4) is 0 Å². The maximum atomic E-state index is 4.91. The standard InChI is InChI=1S/C24H25N3S/c1-27-11-5-8-21(27)13-19-15-25-23-10-9-18(14-22(19)23)24-26-20(16-28-24)12-17-6-3-2-4-7-17/h2-4,6-7,9-10,14-16,21,25H,5,8,11-13H2,1H3/t21-/m1/s1. The van der Waals surface area contributed by atoms with Gasteiger partial charge in [0.15, 0.2) is 0 Å². The highest BCUT2D eigenvalue weighted by Crippen LogP contribution is 2.31. The first kappa shape index (κ1) is 17.7. The van der Waals surface area contributed by atoms with E-state index in [-0.39, 0.29) is 0 Å². The normalized spacial score (nSPS) is 17.5. The van der Waals surface area contributed by atoms with E-state index in [1.54, 1.807) is 11.3 Å². The van der Waals surface area contributed by atoms with E-state index in [9.17, 15) is 0 Å². The van der Waals surface area contributed by atoms with Gasteiger partial charge in [-0.1, -0.05) is 30.3 Å². The molecule has 1 aliphatic rings. The summed E-state index contributed by atoms with van der Waals surface area (Å²) in [6.07, 6.45) is 6.83. The zero-order valence-corrected chi connectivity index (χ0v) is 17.0. The lowest BCUT2D eigenvalue weighted by Gasteiger charge is -2.18. The first-order valence-electron chi connectivity index (χ1n) is 10.1. The molecule has 4 aromatic rings. The van der Waals surface area contributed by atoms with Crippen LogP contribution in [0.1, 0.15) is 29.7 Å². The van der Waals surface area contributed by atoms with E-state index < -0.39 is 0 Å². The van der Waals surface area contributed by atoms with Gasteiger partial charge in [0.05, 0.1) is 5.69 Å². The van der Waals surface area contributed by atoms with Gasteiger partial charge < -0.3 is 9.88 Å². The van der Waals surface area contributed by atoms with Crippen molar-refractivity contribution in [3.8, 4) is 10.6 Å². The van der Waals surface area contributed by atoms with Gasteiger partial charge in [-0.3, -0.25) is 0 Å². The van der Waals surface area contributed by atoms with Crippen molar-refractivity contribution in [2.24, 2.45) is 0 Å². The number of H-pyrrole nitrogens is 1. The van der Waals surface area contributed by atoms with Gasteiger partial charge >= 0.3 is 0 Å². The number of hydrogen-bond donors (Lipinski definition) is 1. The largest absolute Gasteiger partial charge is 0.361 e. The lowest BCUT2D eigenvalue weighted by Crippen LogP contribution is -2.26. The summed E-state index contributed by atoms with van der Waals surface area (Å²) in [5.74, 6) is 0. The molecule has 1 saturated heterocycles. The van der Waals surface area contributed by atoms with Crippen LogP contribution in [0.2, 0.25) is 0 Å². The maximum Gasteiger partial charge on any atom is 0.123 e. The SMILES string of the molecule is CN1CCC[C@@H]1Cc1c[nH]c2ccc(-c3nc(Cc4ccccc4)cs3)cc12. The minimum absolute atomic E-state index is 0.667. The zero-order chi connectivity index (χ0) is 18.9. The third-order valence-electron chi connectivity index (χ3n) is 5.92. The average Bonchev–Trinajstić information content (AvgIpc) is 3.44. The van der Waals surface area contributed by atoms with E-state index in [4.69, 9.17) is 4.98 Å². The highest BCUT2D eigenvalue weighted by Gasteiger charge is 2.22. The molecule has 2 aromatic heterocycles. The van der Waals surface area contributed by atoms with Crippen LogP contribution in [0, 0.1) is 0 Å². The Bertz CT molecular complexity index is 1080. The number of aromatic nitrogens is 2. The van der Waals surface area contributed by atoms with Crippen molar-refractivity contribution in [3.05, 3.63) is 76.9 Å². The second kappa shape index (κ2) is 7.53. The summed E-state index contributed by atoms with van der Waals surface area (Å²) in [5, 5.41) is 4.65. The highest BCUT2D eigenvalue weighted by molar-refractivity contribution is 7.13. The van der Waals surface area contributed by atoms with Crippen LogP contribution < -0.4 is 0 Å². The first-order chi connectivity index (χ1) is 13.8.